The highest BCUT2D eigenvalue weighted by Gasteiger charge is 2.13. The van der Waals surface area contributed by atoms with Gasteiger partial charge in [0.1, 0.15) is 12.3 Å². The fourth-order valence-electron chi connectivity index (χ4n) is 3.25. The van der Waals surface area contributed by atoms with Crippen molar-refractivity contribution in [2.45, 2.75) is 13.0 Å². The SMILES string of the molecule is COc1ccc(NC(=O)Cn2nc(Cc3cccnc3)c3ccccc3c2=O)cc1. The van der Waals surface area contributed by atoms with E-state index in [1.807, 2.05) is 24.3 Å². The fraction of sp³-hybridized carbons (Fsp3) is 0.130. The number of nitrogens with zero attached hydrogens (tertiary/aromatic N) is 3. The summed E-state index contributed by atoms with van der Waals surface area (Å²) in [7, 11) is 1.58. The van der Waals surface area contributed by atoms with E-state index in [1.54, 1.807) is 55.9 Å². The predicted octanol–water partition coefficient (Wildman–Crippen LogP) is 3.03. The average molecular weight is 400 g/mol. The number of aromatic nitrogens is 3. The van der Waals surface area contributed by atoms with E-state index in [-0.39, 0.29) is 18.0 Å². The van der Waals surface area contributed by atoms with Gasteiger partial charge >= 0.3 is 0 Å². The molecule has 30 heavy (non-hydrogen) atoms. The topological polar surface area (TPSA) is 86.1 Å². The van der Waals surface area contributed by atoms with Crippen molar-refractivity contribution in [3.05, 3.63) is 94.7 Å². The van der Waals surface area contributed by atoms with E-state index in [0.717, 1.165) is 16.6 Å². The van der Waals surface area contributed by atoms with Gasteiger partial charge in [0.25, 0.3) is 5.56 Å². The van der Waals surface area contributed by atoms with Crippen molar-refractivity contribution >= 4 is 22.4 Å². The molecule has 2 heterocycles. The van der Waals surface area contributed by atoms with Gasteiger partial charge in [0.15, 0.2) is 0 Å². The Morgan fingerprint density at radius 1 is 1.03 bits per heavy atom. The maximum absolute atomic E-state index is 12.9. The lowest BCUT2D eigenvalue weighted by atomic mass is 10.1. The van der Waals surface area contributed by atoms with E-state index < -0.39 is 0 Å². The monoisotopic (exact) mass is 400 g/mol. The Hall–Kier alpha value is -4.00. The minimum absolute atomic E-state index is 0.185. The molecule has 0 saturated carbocycles. The minimum atomic E-state index is -0.336. The van der Waals surface area contributed by atoms with Crippen LogP contribution in [-0.4, -0.2) is 27.8 Å². The standard InChI is InChI=1S/C23H20N4O3/c1-30-18-10-8-17(9-11-18)25-22(28)15-27-23(29)20-7-3-2-6-19(20)21(26-27)13-16-5-4-12-24-14-16/h2-12,14H,13,15H2,1H3,(H,25,28). The van der Waals surface area contributed by atoms with Crippen molar-refractivity contribution in [2.24, 2.45) is 0 Å². The number of methoxy groups -OCH3 is 1. The molecule has 2 aromatic carbocycles. The van der Waals surface area contributed by atoms with Crippen LogP contribution in [0.2, 0.25) is 0 Å². The van der Waals surface area contributed by atoms with Gasteiger partial charge in [-0.25, -0.2) is 4.68 Å². The quantitative estimate of drug-likeness (QED) is 0.538. The molecule has 0 saturated heterocycles. The first-order valence-corrected chi connectivity index (χ1v) is 9.45. The molecule has 2 aromatic heterocycles. The zero-order valence-corrected chi connectivity index (χ0v) is 16.4. The molecular formula is C23H20N4O3. The van der Waals surface area contributed by atoms with Gasteiger partial charge in [-0.05, 0) is 42.0 Å². The Morgan fingerprint density at radius 2 is 1.80 bits per heavy atom. The van der Waals surface area contributed by atoms with Crippen LogP contribution in [0.3, 0.4) is 0 Å². The third-order valence-electron chi connectivity index (χ3n) is 4.71. The maximum atomic E-state index is 12.9. The Morgan fingerprint density at radius 3 is 2.50 bits per heavy atom. The lowest BCUT2D eigenvalue weighted by Crippen LogP contribution is -2.30. The summed E-state index contributed by atoms with van der Waals surface area (Å²) >= 11 is 0. The van der Waals surface area contributed by atoms with Crippen LogP contribution in [-0.2, 0) is 17.8 Å². The number of carbonyl (C=O) groups excluding carboxylic acids is 1. The van der Waals surface area contributed by atoms with E-state index in [9.17, 15) is 9.59 Å². The van der Waals surface area contributed by atoms with Crippen molar-refractivity contribution in [1.82, 2.24) is 14.8 Å². The van der Waals surface area contributed by atoms with E-state index in [4.69, 9.17) is 4.74 Å². The van der Waals surface area contributed by atoms with Crippen LogP contribution in [0.1, 0.15) is 11.3 Å². The second kappa shape index (κ2) is 8.57. The molecule has 0 atom stereocenters. The number of amides is 1. The number of pyridine rings is 1. The summed E-state index contributed by atoms with van der Waals surface area (Å²) in [6.45, 7) is -0.185. The lowest BCUT2D eigenvalue weighted by molar-refractivity contribution is -0.117. The van der Waals surface area contributed by atoms with Crippen LogP contribution in [0.15, 0.2) is 77.9 Å². The molecule has 150 valence electrons. The molecule has 0 unspecified atom stereocenters. The maximum Gasteiger partial charge on any atom is 0.275 e. The zero-order chi connectivity index (χ0) is 20.9. The number of carbonyl (C=O) groups is 1. The van der Waals surface area contributed by atoms with Gasteiger partial charge in [0, 0.05) is 29.9 Å². The number of anilines is 1. The zero-order valence-electron chi connectivity index (χ0n) is 16.4. The third kappa shape index (κ3) is 4.20. The Labute approximate surface area is 173 Å². The summed E-state index contributed by atoms with van der Waals surface area (Å²) in [6, 6.07) is 18.1. The van der Waals surface area contributed by atoms with Crippen LogP contribution < -0.4 is 15.6 Å². The van der Waals surface area contributed by atoms with Gasteiger partial charge in [0.05, 0.1) is 18.2 Å². The molecule has 7 nitrogen and oxygen atoms in total. The highest BCUT2D eigenvalue weighted by Crippen LogP contribution is 2.17. The molecule has 1 amide bonds. The Bertz CT molecular complexity index is 1240. The van der Waals surface area contributed by atoms with Crippen molar-refractivity contribution in [2.75, 3.05) is 12.4 Å². The van der Waals surface area contributed by atoms with E-state index >= 15 is 0 Å². The normalized spacial score (nSPS) is 10.7. The molecule has 0 radical (unpaired) electrons. The summed E-state index contributed by atoms with van der Waals surface area (Å²) < 4.78 is 6.33. The largest absolute Gasteiger partial charge is 0.497 e. The van der Waals surface area contributed by atoms with Crippen LogP contribution in [0.5, 0.6) is 5.75 Å². The van der Waals surface area contributed by atoms with Gasteiger partial charge in [-0.1, -0.05) is 24.3 Å². The molecule has 0 aliphatic rings. The molecule has 0 spiro atoms. The van der Waals surface area contributed by atoms with Crippen molar-refractivity contribution in [3.8, 4) is 5.75 Å². The number of rotatable bonds is 6. The molecule has 0 bridgehead atoms. The van der Waals surface area contributed by atoms with Crippen LogP contribution in [0, 0.1) is 0 Å². The summed E-state index contributed by atoms with van der Waals surface area (Å²) in [6.07, 6.45) is 3.98. The number of hydrogen-bond acceptors (Lipinski definition) is 5. The Balaban J connectivity index is 1.63. The second-order valence-electron chi connectivity index (χ2n) is 6.77. The first-order valence-electron chi connectivity index (χ1n) is 9.45. The summed E-state index contributed by atoms with van der Waals surface area (Å²) in [5.41, 5.74) is 2.01. The number of fused-ring (bicyclic) bond motifs is 1. The third-order valence-corrected chi connectivity index (χ3v) is 4.71. The number of benzene rings is 2. The average Bonchev–Trinajstić information content (AvgIpc) is 2.78. The molecular weight excluding hydrogens is 380 g/mol. The van der Waals surface area contributed by atoms with E-state index in [0.29, 0.717) is 23.2 Å². The number of ether oxygens (including phenoxy) is 1. The fourth-order valence-corrected chi connectivity index (χ4v) is 3.25. The van der Waals surface area contributed by atoms with Gasteiger partial charge in [-0.3, -0.25) is 14.6 Å². The minimum Gasteiger partial charge on any atom is -0.497 e. The lowest BCUT2D eigenvalue weighted by Gasteiger charge is -2.12. The second-order valence-corrected chi connectivity index (χ2v) is 6.77. The van der Waals surface area contributed by atoms with Gasteiger partial charge in [0.2, 0.25) is 5.91 Å². The van der Waals surface area contributed by atoms with E-state index in [1.165, 1.54) is 4.68 Å². The highest BCUT2D eigenvalue weighted by atomic mass is 16.5. The highest BCUT2D eigenvalue weighted by molar-refractivity contribution is 5.91. The molecule has 0 fully saturated rings. The van der Waals surface area contributed by atoms with Crippen molar-refractivity contribution in [1.29, 1.82) is 0 Å². The Kier molecular flexibility index (Phi) is 5.52. The predicted molar refractivity (Wildman–Crippen MR) is 115 cm³/mol. The smallest absolute Gasteiger partial charge is 0.275 e. The number of nitrogens with one attached hydrogen (secondary N) is 1. The summed E-state index contributed by atoms with van der Waals surface area (Å²) in [4.78, 5) is 29.6. The molecule has 7 heteroatoms. The molecule has 0 aliphatic heterocycles. The van der Waals surface area contributed by atoms with Crippen LogP contribution >= 0.6 is 0 Å². The van der Waals surface area contributed by atoms with Crippen molar-refractivity contribution < 1.29 is 9.53 Å². The van der Waals surface area contributed by atoms with Gasteiger partial charge in [-0.2, -0.15) is 5.10 Å². The van der Waals surface area contributed by atoms with Crippen LogP contribution in [0.4, 0.5) is 5.69 Å². The first kappa shape index (κ1) is 19.3. The molecule has 4 aromatic rings. The number of hydrogen-bond donors (Lipinski definition) is 1. The first-order chi connectivity index (χ1) is 14.6. The van der Waals surface area contributed by atoms with Crippen molar-refractivity contribution in [3.63, 3.8) is 0 Å². The van der Waals surface area contributed by atoms with Crippen LogP contribution in [0.25, 0.3) is 10.8 Å². The van der Waals surface area contributed by atoms with E-state index in [2.05, 4.69) is 15.4 Å². The molecule has 0 aliphatic carbocycles. The molecule has 4 rings (SSSR count). The van der Waals surface area contributed by atoms with Gasteiger partial charge in [-0.15, -0.1) is 0 Å². The van der Waals surface area contributed by atoms with Gasteiger partial charge < -0.3 is 10.1 Å². The summed E-state index contributed by atoms with van der Waals surface area (Å²) in [5.74, 6) is 0.359. The molecule has 1 N–H and O–H groups in total. The summed E-state index contributed by atoms with van der Waals surface area (Å²) in [5, 5.41) is 8.59.